The van der Waals surface area contributed by atoms with E-state index in [1.165, 1.54) is 4.31 Å². The molecule has 1 aromatic carbocycles. The zero-order valence-corrected chi connectivity index (χ0v) is 17.2. The summed E-state index contributed by atoms with van der Waals surface area (Å²) in [6.07, 6.45) is 0. The number of amides is 1. The van der Waals surface area contributed by atoms with Gasteiger partial charge >= 0.3 is 0 Å². The van der Waals surface area contributed by atoms with E-state index in [-0.39, 0.29) is 18.0 Å². The summed E-state index contributed by atoms with van der Waals surface area (Å²) in [4.78, 5) is 14.5. The molecule has 1 aliphatic rings. The van der Waals surface area contributed by atoms with Gasteiger partial charge in [-0.2, -0.15) is 4.31 Å². The SMILES string of the molecule is CC(C)NC(=O)C(C)N1CCN(S(=O)(=O)c2ccc(C(C)C)cc2)CC1. The molecule has 1 amide bonds. The van der Waals surface area contributed by atoms with Crippen LogP contribution in [0.1, 0.15) is 46.1 Å². The highest BCUT2D eigenvalue weighted by Crippen LogP contribution is 2.21. The molecule has 6 nitrogen and oxygen atoms in total. The highest BCUT2D eigenvalue weighted by atomic mass is 32.2. The van der Waals surface area contributed by atoms with Crippen LogP contribution in [0.25, 0.3) is 0 Å². The lowest BCUT2D eigenvalue weighted by Gasteiger charge is -2.37. The first kappa shape index (κ1) is 20.9. The zero-order chi connectivity index (χ0) is 19.5. The molecule has 0 aromatic heterocycles. The van der Waals surface area contributed by atoms with Crippen molar-refractivity contribution in [2.45, 2.75) is 57.5 Å². The molecule has 1 saturated heterocycles. The number of sulfonamides is 1. The number of hydrogen-bond acceptors (Lipinski definition) is 4. The number of piperazine rings is 1. The number of nitrogens with one attached hydrogen (secondary N) is 1. The molecule has 0 radical (unpaired) electrons. The Kier molecular flexibility index (Phi) is 6.82. The van der Waals surface area contributed by atoms with Gasteiger partial charge in [-0.3, -0.25) is 9.69 Å². The highest BCUT2D eigenvalue weighted by Gasteiger charge is 2.31. The molecule has 146 valence electrons. The molecule has 0 saturated carbocycles. The van der Waals surface area contributed by atoms with E-state index in [1.54, 1.807) is 12.1 Å². The Balaban J connectivity index is 2.01. The van der Waals surface area contributed by atoms with Crippen molar-refractivity contribution in [3.8, 4) is 0 Å². The summed E-state index contributed by atoms with van der Waals surface area (Å²) >= 11 is 0. The van der Waals surface area contributed by atoms with Crippen molar-refractivity contribution in [1.82, 2.24) is 14.5 Å². The number of carbonyl (C=O) groups excluding carboxylic acids is 1. The van der Waals surface area contributed by atoms with Crippen LogP contribution in [0.4, 0.5) is 0 Å². The molecule has 2 rings (SSSR count). The Morgan fingerprint density at radius 3 is 1.96 bits per heavy atom. The maximum atomic E-state index is 12.9. The number of carbonyl (C=O) groups is 1. The van der Waals surface area contributed by atoms with E-state index < -0.39 is 10.0 Å². The lowest BCUT2D eigenvalue weighted by atomic mass is 10.0. The van der Waals surface area contributed by atoms with Crippen LogP contribution in [-0.2, 0) is 14.8 Å². The molecule has 1 aliphatic heterocycles. The molecule has 1 N–H and O–H groups in total. The van der Waals surface area contributed by atoms with Crippen LogP contribution >= 0.6 is 0 Å². The van der Waals surface area contributed by atoms with E-state index in [4.69, 9.17) is 0 Å². The Morgan fingerprint density at radius 1 is 0.962 bits per heavy atom. The van der Waals surface area contributed by atoms with E-state index in [9.17, 15) is 13.2 Å². The number of rotatable bonds is 6. The van der Waals surface area contributed by atoms with E-state index in [1.807, 2.05) is 37.8 Å². The minimum atomic E-state index is -3.49. The van der Waals surface area contributed by atoms with E-state index in [0.717, 1.165) is 5.56 Å². The summed E-state index contributed by atoms with van der Waals surface area (Å²) < 4.78 is 27.2. The average Bonchev–Trinajstić information content (AvgIpc) is 2.60. The summed E-state index contributed by atoms with van der Waals surface area (Å²) in [5.74, 6) is 0.356. The van der Waals surface area contributed by atoms with Gasteiger partial charge in [-0.25, -0.2) is 8.42 Å². The van der Waals surface area contributed by atoms with Gasteiger partial charge in [0.15, 0.2) is 0 Å². The smallest absolute Gasteiger partial charge is 0.243 e. The monoisotopic (exact) mass is 381 g/mol. The Morgan fingerprint density at radius 2 is 1.50 bits per heavy atom. The van der Waals surface area contributed by atoms with Gasteiger partial charge in [0.2, 0.25) is 15.9 Å². The third kappa shape index (κ3) is 4.84. The summed E-state index contributed by atoms with van der Waals surface area (Å²) in [6.45, 7) is 11.8. The van der Waals surface area contributed by atoms with Crippen molar-refractivity contribution in [2.75, 3.05) is 26.2 Å². The number of nitrogens with zero attached hydrogens (tertiary/aromatic N) is 2. The maximum Gasteiger partial charge on any atom is 0.243 e. The van der Waals surface area contributed by atoms with Gasteiger partial charge in [-0.05, 0) is 44.4 Å². The van der Waals surface area contributed by atoms with Gasteiger partial charge in [0.1, 0.15) is 0 Å². The fourth-order valence-electron chi connectivity index (χ4n) is 3.08. The number of hydrogen-bond donors (Lipinski definition) is 1. The Bertz CT molecular complexity index is 706. The lowest BCUT2D eigenvalue weighted by molar-refractivity contribution is -0.126. The summed E-state index contributed by atoms with van der Waals surface area (Å²) in [5, 5.41) is 2.91. The molecule has 0 spiro atoms. The van der Waals surface area contributed by atoms with E-state index >= 15 is 0 Å². The fourth-order valence-corrected chi connectivity index (χ4v) is 4.50. The molecule has 1 heterocycles. The minimum Gasteiger partial charge on any atom is -0.353 e. The first-order valence-corrected chi connectivity index (χ1v) is 10.7. The van der Waals surface area contributed by atoms with Crippen molar-refractivity contribution >= 4 is 15.9 Å². The topological polar surface area (TPSA) is 69.7 Å². The van der Waals surface area contributed by atoms with Crippen LogP contribution < -0.4 is 5.32 Å². The van der Waals surface area contributed by atoms with Crippen LogP contribution in [0.15, 0.2) is 29.2 Å². The summed E-state index contributed by atoms with van der Waals surface area (Å²) in [5.41, 5.74) is 1.12. The third-order valence-corrected chi connectivity index (χ3v) is 6.73. The van der Waals surface area contributed by atoms with Crippen molar-refractivity contribution < 1.29 is 13.2 Å². The standard InChI is InChI=1S/C19H31N3O3S/c1-14(2)17-6-8-18(9-7-17)26(24,25)22-12-10-21(11-13-22)16(5)19(23)20-15(3)4/h6-9,14-16H,10-13H2,1-5H3,(H,20,23). The molecule has 1 fully saturated rings. The predicted molar refractivity (Wildman–Crippen MR) is 104 cm³/mol. The van der Waals surface area contributed by atoms with Crippen LogP contribution in [0.2, 0.25) is 0 Å². The molecule has 0 aliphatic carbocycles. The zero-order valence-electron chi connectivity index (χ0n) is 16.4. The molecule has 1 aromatic rings. The van der Waals surface area contributed by atoms with Gasteiger partial charge in [0.05, 0.1) is 10.9 Å². The first-order chi connectivity index (χ1) is 12.1. The molecule has 1 unspecified atom stereocenters. The largest absolute Gasteiger partial charge is 0.353 e. The van der Waals surface area contributed by atoms with Crippen molar-refractivity contribution in [3.63, 3.8) is 0 Å². The highest BCUT2D eigenvalue weighted by molar-refractivity contribution is 7.89. The number of benzene rings is 1. The summed E-state index contributed by atoms with van der Waals surface area (Å²) in [6, 6.07) is 6.98. The Labute approximate surface area is 157 Å². The predicted octanol–water partition coefficient (Wildman–Crippen LogP) is 2.03. The fraction of sp³-hybridized carbons (Fsp3) is 0.632. The molecule has 7 heteroatoms. The average molecular weight is 382 g/mol. The molecule has 1 atom stereocenters. The van der Waals surface area contributed by atoms with Crippen molar-refractivity contribution in [3.05, 3.63) is 29.8 Å². The van der Waals surface area contributed by atoms with Gasteiger partial charge in [0, 0.05) is 32.2 Å². The molecular formula is C19H31N3O3S. The second kappa shape index (κ2) is 8.50. The quantitative estimate of drug-likeness (QED) is 0.819. The van der Waals surface area contributed by atoms with Gasteiger partial charge in [-0.1, -0.05) is 26.0 Å². The molecule has 0 bridgehead atoms. The lowest BCUT2D eigenvalue weighted by Crippen LogP contribution is -2.55. The van der Waals surface area contributed by atoms with E-state index in [2.05, 4.69) is 19.2 Å². The van der Waals surface area contributed by atoms with Gasteiger partial charge in [-0.15, -0.1) is 0 Å². The van der Waals surface area contributed by atoms with Crippen LogP contribution in [0, 0.1) is 0 Å². The maximum absolute atomic E-state index is 12.9. The van der Waals surface area contributed by atoms with Crippen LogP contribution in [0.3, 0.4) is 0 Å². The summed E-state index contributed by atoms with van der Waals surface area (Å²) in [7, 11) is -3.49. The Hall–Kier alpha value is -1.44. The second-order valence-corrected chi connectivity index (χ2v) is 9.44. The third-order valence-electron chi connectivity index (χ3n) is 4.82. The first-order valence-electron chi connectivity index (χ1n) is 9.27. The van der Waals surface area contributed by atoms with Crippen LogP contribution in [0.5, 0.6) is 0 Å². The van der Waals surface area contributed by atoms with Gasteiger partial charge < -0.3 is 5.32 Å². The van der Waals surface area contributed by atoms with Crippen molar-refractivity contribution in [1.29, 1.82) is 0 Å². The molecule has 26 heavy (non-hydrogen) atoms. The van der Waals surface area contributed by atoms with Crippen LogP contribution in [-0.4, -0.2) is 61.8 Å². The van der Waals surface area contributed by atoms with E-state index in [0.29, 0.717) is 37.0 Å². The van der Waals surface area contributed by atoms with Crippen molar-refractivity contribution in [2.24, 2.45) is 0 Å². The minimum absolute atomic E-state index is 0.0134. The normalized spacial score (nSPS) is 18.3. The second-order valence-electron chi connectivity index (χ2n) is 7.50. The van der Waals surface area contributed by atoms with Gasteiger partial charge in [0.25, 0.3) is 0 Å². The molecular weight excluding hydrogens is 350 g/mol.